The van der Waals surface area contributed by atoms with Crippen molar-refractivity contribution in [2.24, 2.45) is 5.92 Å². The van der Waals surface area contributed by atoms with Crippen molar-refractivity contribution in [1.29, 1.82) is 0 Å². The molecule has 2 fully saturated rings. The van der Waals surface area contributed by atoms with Crippen molar-refractivity contribution in [2.45, 2.75) is 25.7 Å². The Morgan fingerprint density at radius 1 is 0.923 bits per heavy atom. The summed E-state index contributed by atoms with van der Waals surface area (Å²) in [6.07, 6.45) is 5.83. The van der Waals surface area contributed by atoms with E-state index in [1.165, 1.54) is 12.8 Å². The third-order valence-corrected chi connectivity index (χ3v) is 5.64. The molecule has 0 bridgehead atoms. The second kappa shape index (κ2) is 7.62. The SMILES string of the molecule is O=C(c1ccc(Cl)cc1)C1CCN(c2cc(N3CCCC3)ncn2)CC1. The van der Waals surface area contributed by atoms with Crippen molar-refractivity contribution in [3.05, 3.63) is 47.2 Å². The van der Waals surface area contributed by atoms with Gasteiger partial charge in [0.2, 0.25) is 0 Å². The number of ketones is 1. The van der Waals surface area contributed by atoms with Crippen LogP contribution in [0.15, 0.2) is 36.7 Å². The molecule has 3 heterocycles. The Hall–Kier alpha value is -2.14. The Labute approximate surface area is 159 Å². The number of nitrogens with zero attached hydrogens (tertiary/aromatic N) is 4. The zero-order chi connectivity index (χ0) is 17.9. The first-order valence-electron chi connectivity index (χ1n) is 9.32. The Morgan fingerprint density at radius 3 is 2.12 bits per heavy atom. The molecule has 26 heavy (non-hydrogen) atoms. The highest BCUT2D eigenvalue weighted by atomic mass is 35.5. The van der Waals surface area contributed by atoms with Crippen LogP contribution in [-0.2, 0) is 0 Å². The first kappa shape index (κ1) is 17.3. The van der Waals surface area contributed by atoms with Gasteiger partial charge in [-0.25, -0.2) is 9.97 Å². The lowest BCUT2D eigenvalue weighted by atomic mass is 9.89. The summed E-state index contributed by atoms with van der Waals surface area (Å²) in [6.45, 7) is 3.85. The molecule has 0 unspecified atom stereocenters. The minimum Gasteiger partial charge on any atom is -0.356 e. The molecule has 5 nitrogen and oxygen atoms in total. The number of aromatic nitrogens is 2. The van der Waals surface area contributed by atoms with Crippen LogP contribution in [0, 0.1) is 5.92 Å². The second-order valence-corrected chi connectivity index (χ2v) is 7.50. The lowest BCUT2D eigenvalue weighted by Gasteiger charge is -2.32. The van der Waals surface area contributed by atoms with E-state index in [0.29, 0.717) is 5.02 Å². The summed E-state index contributed by atoms with van der Waals surface area (Å²) in [6, 6.07) is 9.30. The molecule has 136 valence electrons. The van der Waals surface area contributed by atoms with Crippen molar-refractivity contribution >= 4 is 29.0 Å². The fraction of sp³-hybridized carbons (Fsp3) is 0.450. The maximum atomic E-state index is 12.7. The summed E-state index contributed by atoms with van der Waals surface area (Å²) in [5.41, 5.74) is 0.756. The fourth-order valence-electron chi connectivity index (χ4n) is 3.85. The van der Waals surface area contributed by atoms with Gasteiger partial charge in [-0.3, -0.25) is 4.79 Å². The van der Waals surface area contributed by atoms with E-state index in [0.717, 1.165) is 56.2 Å². The van der Waals surface area contributed by atoms with Crippen molar-refractivity contribution in [3.8, 4) is 0 Å². The third-order valence-electron chi connectivity index (χ3n) is 5.39. The number of carbonyl (C=O) groups is 1. The van der Waals surface area contributed by atoms with Crippen LogP contribution in [-0.4, -0.2) is 41.9 Å². The maximum absolute atomic E-state index is 12.7. The average Bonchev–Trinajstić information content (AvgIpc) is 3.23. The Balaban J connectivity index is 1.39. The van der Waals surface area contributed by atoms with Crippen molar-refractivity contribution < 1.29 is 4.79 Å². The van der Waals surface area contributed by atoms with E-state index in [-0.39, 0.29) is 11.7 Å². The summed E-state index contributed by atoms with van der Waals surface area (Å²) in [5, 5.41) is 0.661. The van der Waals surface area contributed by atoms with E-state index in [2.05, 4.69) is 25.8 Å². The van der Waals surface area contributed by atoms with Gasteiger partial charge in [-0.1, -0.05) is 11.6 Å². The van der Waals surface area contributed by atoms with Crippen LogP contribution in [0.25, 0.3) is 0 Å². The molecule has 0 N–H and O–H groups in total. The minimum atomic E-state index is 0.0762. The molecule has 0 saturated carbocycles. The molecule has 4 rings (SSSR count). The molecule has 2 aromatic rings. The molecule has 0 amide bonds. The van der Waals surface area contributed by atoms with Crippen LogP contribution in [0.1, 0.15) is 36.0 Å². The number of Topliss-reactive ketones (excluding diaryl/α,β-unsaturated/α-hetero) is 1. The molecule has 0 radical (unpaired) electrons. The predicted molar refractivity (Wildman–Crippen MR) is 104 cm³/mol. The van der Waals surface area contributed by atoms with E-state index in [1.807, 2.05) is 12.1 Å². The minimum absolute atomic E-state index is 0.0762. The summed E-state index contributed by atoms with van der Waals surface area (Å²) in [4.78, 5) is 26.2. The molecule has 0 aliphatic carbocycles. The normalized spacial score (nSPS) is 18.3. The lowest BCUT2D eigenvalue weighted by molar-refractivity contribution is 0.0900. The molecule has 0 spiro atoms. The molecule has 1 aromatic carbocycles. The van der Waals surface area contributed by atoms with Gasteiger partial charge in [-0.15, -0.1) is 0 Å². The molecule has 6 heteroatoms. The summed E-state index contributed by atoms with van der Waals surface area (Å²) in [5.74, 6) is 2.29. The van der Waals surface area contributed by atoms with Gasteiger partial charge >= 0.3 is 0 Å². The summed E-state index contributed by atoms with van der Waals surface area (Å²) in [7, 11) is 0. The maximum Gasteiger partial charge on any atom is 0.166 e. The summed E-state index contributed by atoms with van der Waals surface area (Å²) >= 11 is 5.92. The van der Waals surface area contributed by atoms with Crippen molar-refractivity contribution in [1.82, 2.24) is 9.97 Å². The molecule has 2 saturated heterocycles. The van der Waals surface area contributed by atoms with Gasteiger partial charge in [0.25, 0.3) is 0 Å². The quantitative estimate of drug-likeness (QED) is 0.765. The first-order chi connectivity index (χ1) is 12.7. The van der Waals surface area contributed by atoms with Gasteiger partial charge in [-0.2, -0.15) is 0 Å². The van der Waals surface area contributed by atoms with Gasteiger partial charge in [0.05, 0.1) is 0 Å². The number of carbonyl (C=O) groups excluding carboxylic acids is 1. The number of anilines is 2. The molecular formula is C20H23ClN4O. The Morgan fingerprint density at radius 2 is 1.50 bits per heavy atom. The average molecular weight is 371 g/mol. The van der Waals surface area contributed by atoms with E-state index < -0.39 is 0 Å². The molecule has 2 aliphatic rings. The zero-order valence-electron chi connectivity index (χ0n) is 14.8. The van der Waals surface area contributed by atoms with Crippen LogP contribution < -0.4 is 9.80 Å². The Kier molecular flexibility index (Phi) is 5.07. The van der Waals surface area contributed by atoms with Gasteiger partial charge < -0.3 is 9.80 Å². The van der Waals surface area contributed by atoms with Crippen LogP contribution in [0.3, 0.4) is 0 Å². The van der Waals surface area contributed by atoms with Crippen molar-refractivity contribution in [3.63, 3.8) is 0 Å². The molecule has 0 atom stereocenters. The largest absolute Gasteiger partial charge is 0.356 e. The van der Waals surface area contributed by atoms with Crippen LogP contribution in [0.2, 0.25) is 5.02 Å². The van der Waals surface area contributed by atoms with Crippen molar-refractivity contribution in [2.75, 3.05) is 36.0 Å². The highest BCUT2D eigenvalue weighted by molar-refractivity contribution is 6.30. The van der Waals surface area contributed by atoms with E-state index in [9.17, 15) is 4.79 Å². The topological polar surface area (TPSA) is 49.3 Å². The highest BCUT2D eigenvalue weighted by Gasteiger charge is 2.27. The predicted octanol–water partition coefficient (Wildman–Crippen LogP) is 3.83. The van der Waals surface area contributed by atoms with Gasteiger partial charge in [0.15, 0.2) is 5.78 Å². The first-order valence-corrected chi connectivity index (χ1v) is 9.70. The number of halogens is 1. The zero-order valence-corrected chi connectivity index (χ0v) is 15.5. The molecule has 1 aromatic heterocycles. The molecular weight excluding hydrogens is 348 g/mol. The van der Waals surface area contributed by atoms with Crippen LogP contribution in [0.5, 0.6) is 0 Å². The highest BCUT2D eigenvalue weighted by Crippen LogP contribution is 2.27. The van der Waals surface area contributed by atoms with E-state index >= 15 is 0 Å². The fourth-order valence-corrected chi connectivity index (χ4v) is 3.98. The monoisotopic (exact) mass is 370 g/mol. The standard InChI is InChI=1S/C20H23ClN4O/c21-17-5-3-15(4-6-17)20(26)16-7-11-25(12-8-16)19-13-18(22-14-23-19)24-9-1-2-10-24/h3-6,13-14,16H,1-2,7-12H2. The van der Waals surface area contributed by atoms with E-state index in [4.69, 9.17) is 11.6 Å². The third kappa shape index (κ3) is 3.68. The number of hydrogen-bond donors (Lipinski definition) is 0. The van der Waals surface area contributed by atoms with Crippen LogP contribution >= 0.6 is 11.6 Å². The Bertz CT molecular complexity index is 766. The van der Waals surface area contributed by atoms with Gasteiger partial charge in [0.1, 0.15) is 18.0 Å². The number of benzene rings is 1. The van der Waals surface area contributed by atoms with E-state index in [1.54, 1.807) is 18.5 Å². The van der Waals surface area contributed by atoms with Gasteiger partial charge in [0, 0.05) is 48.7 Å². The van der Waals surface area contributed by atoms with Crippen LogP contribution in [0.4, 0.5) is 11.6 Å². The summed E-state index contributed by atoms with van der Waals surface area (Å²) < 4.78 is 0. The number of piperidine rings is 1. The van der Waals surface area contributed by atoms with Gasteiger partial charge in [-0.05, 0) is 49.9 Å². The number of rotatable bonds is 4. The molecule has 2 aliphatic heterocycles. The smallest absolute Gasteiger partial charge is 0.166 e. The number of hydrogen-bond acceptors (Lipinski definition) is 5. The second-order valence-electron chi connectivity index (χ2n) is 7.06. The lowest BCUT2D eigenvalue weighted by Crippen LogP contribution is -2.37.